The highest BCUT2D eigenvalue weighted by Crippen LogP contribution is 2.29. The molecule has 1 aliphatic rings. The number of rotatable bonds is 4. The lowest BCUT2D eigenvalue weighted by Crippen LogP contribution is -2.29. The molecule has 5 nitrogen and oxygen atoms in total. The Balaban J connectivity index is 1.62. The van der Waals surface area contributed by atoms with Gasteiger partial charge in [0.2, 0.25) is 0 Å². The number of carbonyl (C=O) groups excluding carboxylic acids is 1. The minimum atomic E-state index is -3.77. The number of benzene rings is 3. The van der Waals surface area contributed by atoms with Crippen LogP contribution in [0.1, 0.15) is 15.9 Å². The molecule has 136 valence electrons. The minimum absolute atomic E-state index is 0.0599. The van der Waals surface area contributed by atoms with Crippen LogP contribution in [0.5, 0.6) is 0 Å². The number of hydrogen-bond donors (Lipinski definition) is 1. The van der Waals surface area contributed by atoms with Crippen molar-refractivity contribution in [2.24, 2.45) is 0 Å². The molecule has 0 radical (unpaired) electrons. The Labute approximate surface area is 158 Å². The molecule has 0 spiro atoms. The summed E-state index contributed by atoms with van der Waals surface area (Å²) < 4.78 is 27.9. The van der Waals surface area contributed by atoms with Gasteiger partial charge in [0.05, 0.1) is 4.90 Å². The second-order valence-electron chi connectivity index (χ2n) is 6.33. The number of sulfonamides is 1. The number of amides is 1. The average molecular weight is 378 g/mol. The van der Waals surface area contributed by atoms with E-state index in [-0.39, 0.29) is 10.8 Å². The molecule has 0 atom stereocenters. The molecule has 3 aromatic carbocycles. The van der Waals surface area contributed by atoms with Crippen molar-refractivity contribution in [2.75, 3.05) is 16.2 Å². The van der Waals surface area contributed by atoms with Crippen LogP contribution in [0.25, 0.3) is 0 Å². The third kappa shape index (κ3) is 3.44. The van der Waals surface area contributed by atoms with Crippen molar-refractivity contribution < 1.29 is 13.2 Å². The largest absolute Gasteiger partial charge is 0.308 e. The molecule has 0 saturated carbocycles. The van der Waals surface area contributed by atoms with E-state index in [2.05, 4.69) is 4.72 Å². The molecule has 4 rings (SSSR count). The number of nitrogens with zero attached hydrogens (tertiary/aromatic N) is 1. The molecule has 0 unspecified atom stereocenters. The first-order valence-electron chi connectivity index (χ1n) is 8.62. The summed E-state index contributed by atoms with van der Waals surface area (Å²) in [6.07, 6.45) is 0.801. The maximum atomic E-state index is 13.0. The topological polar surface area (TPSA) is 66.5 Å². The van der Waals surface area contributed by atoms with Crippen LogP contribution in [-0.4, -0.2) is 20.9 Å². The lowest BCUT2D eigenvalue weighted by atomic mass is 10.1. The van der Waals surface area contributed by atoms with Crippen LogP contribution >= 0.6 is 0 Å². The molecule has 6 heteroatoms. The summed E-state index contributed by atoms with van der Waals surface area (Å²) >= 11 is 0. The molecule has 3 aromatic rings. The second kappa shape index (κ2) is 6.89. The highest BCUT2D eigenvalue weighted by molar-refractivity contribution is 7.92. The molecule has 1 heterocycles. The van der Waals surface area contributed by atoms with E-state index in [0.717, 1.165) is 17.7 Å². The van der Waals surface area contributed by atoms with Crippen molar-refractivity contribution in [3.8, 4) is 0 Å². The Morgan fingerprint density at radius 2 is 1.63 bits per heavy atom. The van der Waals surface area contributed by atoms with Crippen LogP contribution in [0.2, 0.25) is 0 Å². The summed E-state index contributed by atoms with van der Waals surface area (Å²) in [5.41, 5.74) is 2.84. The average Bonchev–Trinajstić information content (AvgIpc) is 3.12. The van der Waals surface area contributed by atoms with Crippen LogP contribution in [0.4, 0.5) is 11.4 Å². The van der Waals surface area contributed by atoms with Gasteiger partial charge in [-0.05, 0) is 48.4 Å². The van der Waals surface area contributed by atoms with Gasteiger partial charge in [-0.1, -0.05) is 42.5 Å². The van der Waals surface area contributed by atoms with Gasteiger partial charge < -0.3 is 4.90 Å². The van der Waals surface area contributed by atoms with Crippen molar-refractivity contribution in [3.63, 3.8) is 0 Å². The molecule has 1 N–H and O–H groups in total. The van der Waals surface area contributed by atoms with E-state index in [4.69, 9.17) is 0 Å². The van der Waals surface area contributed by atoms with Gasteiger partial charge in [-0.2, -0.15) is 0 Å². The van der Waals surface area contributed by atoms with E-state index in [1.54, 1.807) is 41.3 Å². The van der Waals surface area contributed by atoms with Crippen LogP contribution in [0.15, 0.2) is 83.8 Å². The summed E-state index contributed by atoms with van der Waals surface area (Å²) in [5, 5.41) is 0. The normalized spacial score (nSPS) is 13.3. The van der Waals surface area contributed by atoms with E-state index >= 15 is 0 Å². The van der Waals surface area contributed by atoms with Gasteiger partial charge in [-0.25, -0.2) is 8.42 Å². The summed E-state index contributed by atoms with van der Waals surface area (Å²) in [7, 11) is -3.77. The summed E-state index contributed by atoms with van der Waals surface area (Å²) in [4.78, 5) is 14.7. The van der Waals surface area contributed by atoms with Crippen molar-refractivity contribution in [1.82, 2.24) is 0 Å². The molecule has 0 fully saturated rings. The maximum Gasteiger partial charge on any atom is 0.261 e. The highest BCUT2D eigenvalue weighted by atomic mass is 32.2. The van der Waals surface area contributed by atoms with Gasteiger partial charge in [-0.3, -0.25) is 9.52 Å². The maximum absolute atomic E-state index is 13.0. The fourth-order valence-corrected chi connectivity index (χ4v) is 4.33. The zero-order valence-electron chi connectivity index (χ0n) is 14.5. The first kappa shape index (κ1) is 17.3. The van der Waals surface area contributed by atoms with Crippen molar-refractivity contribution in [3.05, 3.63) is 90.0 Å². The van der Waals surface area contributed by atoms with Crippen LogP contribution in [-0.2, 0) is 16.4 Å². The third-order valence-electron chi connectivity index (χ3n) is 4.55. The fourth-order valence-electron chi connectivity index (χ4n) is 3.22. The fraction of sp³-hybridized carbons (Fsp3) is 0.0952. The number of anilines is 2. The molecule has 1 amide bonds. The van der Waals surface area contributed by atoms with Crippen molar-refractivity contribution in [1.29, 1.82) is 0 Å². The number of carbonyl (C=O) groups is 1. The van der Waals surface area contributed by atoms with Gasteiger partial charge in [0.15, 0.2) is 0 Å². The minimum Gasteiger partial charge on any atom is -0.308 e. The molecular weight excluding hydrogens is 360 g/mol. The van der Waals surface area contributed by atoms with Gasteiger partial charge >= 0.3 is 0 Å². The predicted octanol–water partition coefficient (Wildman–Crippen LogP) is 3.69. The Morgan fingerprint density at radius 3 is 2.44 bits per heavy atom. The van der Waals surface area contributed by atoms with E-state index in [9.17, 15) is 13.2 Å². The number of para-hydroxylation sites is 2. The number of fused-ring (bicyclic) bond motifs is 1. The van der Waals surface area contributed by atoms with Crippen molar-refractivity contribution >= 4 is 27.3 Å². The van der Waals surface area contributed by atoms with Gasteiger partial charge in [-0.15, -0.1) is 0 Å². The monoisotopic (exact) mass is 378 g/mol. The SMILES string of the molecule is O=C(c1cccc(S(=O)(=O)Nc2ccccc2)c1)N1CCc2ccccc21. The molecule has 0 bridgehead atoms. The summed E-state index contributed by atoms with van der Waals surface area (Å²) in [6.45, 7) is 0.595. The Bertz CT molecular complexity index is 1100. The van der Waals surface area contributed by atoms with E-state index in [1.165, 1.54) is 12.1 Å². The van der Waals surface area contributed by atoms with E-state index in [0.29, 0.717) is 17.8 Å². The Morgan fingerprint density at radius 1 is 0.889 bits per heavy atom. The summed E-state index contributed by atoms with van der Waals surface area (Å²) in [6, 6.07) is 22.6. The molecule has 0 aliphatic carbocycles. The predicted molar refractivity (Wildman–Crippen MR) is 106 cm³/mol. The van der Waals surface area contributed by atoms with Crippen LogP contribution in [0.3, 0.4) is 0 Å². The lowest BCUT2D eigenvalue weighted by Gasteiger charge is -2.18. The molecular formula is C21H18N2O3S. The Hall–Kier alpha value is -3.12. The molecule has 27 heavy (non-hydrogen) atoms. The quantitative estimate of drug-likeness (QED) is 0.753. The Kier molecular flexibility index (Phi) is 4.41. The van der Waals surface area contributed by atoms with E-state index in [1.807, 2.05) is 30.3 Å². The molecule has 0 aromatic heterocycles. The number of hydrogen-bond acceptors (Lipinski definition) is 3. The standard InChI is InChI=1S/C21H18N2O3S/c24-21(23-14-13-16-7-4-5-12-20(16)23)17-8-6-11-19(15-17)27(25,26)22-18-9-2-1-3-10-18/h1-12,15,22H,13-14H2. The zero-order valence-corrected chi connectivity index (χ0v) is 15.3. The molecule has 1 aliphatic heterocycles. The van der Waals surface area contributed by atoms with Gasteiger partial charge in [0, 0.05) is 23.5 Å². The molecule has 0 saturated heterocycles. The highest BCUT2D eigenvalue weighted by Gasteiger charge is 2.26. The zero-order chi connectivity index (χ0) is 18.9. The number of nitrogens with one attached hydrogen (secondary N) is 1. The van der Waals surface area contributed by atoms with Gasteiger partial charge in [0.25, 0.3) is 15.9 Å². The van der Waals surface area contributed by atoms with E-state index < -0.39 is 10.0 Å². The third-order valence-corrected chi connectivity index (χ3v) is 5.93. The first-order chi connectivity index (χ1) is 13.0. The second-order valence-corrected chi connectivity index (χ2v) is 8.02. The lowest BCUT2D eigenvalue weighted by molar-refractivity contribution is 0.0989. The first-order valence-corrected chi connectivity index (χ1v) is 10.1. The van der Waals surface area contributed by atoms with Crippen LogP contribution in [0, 0.1) is 0 Å². The summed E-state index contributed by atoms with van der Waals surface area (Å²) in [5.74, 6) is -0.197. The van der Waals surface area contributed by atoms with Gasteiger partial charge in [0.1, 0.15) is 0 Å². The van der Waals surface area contributed by atoms with Crippen LogP contribution < -0.4 is 9.62 Å². The van der Waals surface area contributed by atoms with Crippen molar-refractivity contribution in [2.45, 2.75) is 11.3 Å². The smallest absolute Gasteiger partial charge is 0.261 e.